The molecule has 2 aromatic rings. The van der Waals surface area contributed by atoms with Crippen LogP contribution in [0.5, 0.6) is 0 Å². The quantitative estimate of drug-likeness (QED) is 0.707. The molecule has 0 N–H and O–H groups in total. The van der Waals surface area contributed by atoms with E-state index in [2.05, 4.69) is 4.98 Å². The van der Waals surface area contributed by atoms with Gasteiger partial charge in [-0.1, -0.05) is 12.1 Å². The highest BCUT2D eigenvalue weighted by molar-refractivity contribution is 7.18. The zero-order valence-electron chi connectivity index (χ0n) is 7.23. The summed E-state index contributed by atoms with van der Waals surface area (Å²) in [5.74, 6) is 0. The Kier molecular flexibility index (Phi) is 2.25. The van der Waals surface area contributed by atoms with Gasteiger partial charge in [-0.25, -0.2) is 4.98 Å². The van der Waals surface area contributed by atoms with Gasteiger partial charge in [-0.05, 0) is 12.1 Å². The molecule has 1 aromatic carbocycles. The fourth-order valence-corrected chi connectivity index (χ4v) is 2.13. The van der Waals surface area contributed by atoms with E-state index < -0.39 is 0 Å². The molecule has 4 heteroatoms. The number of nitriles is 1. The second-order valence-electron chi connectivity index (χ2n) is 2.74. The Bertz CT molecular complexity index is 568. The molecule has 0 aliphatic rings. The average Bonchev–Trinajstić information content (AvgIpc) is 2.18. The van der Waals surface area contributed by atoms with Gasteiger partial charge in [0.05, 0.1) is 17.9 Å². The molecule has 0 saturated heterocycles. The molecular weight excluding hydrogens is 196 g/mol. The van der Waals surface area contributed by atoms with Gasteiger partial charge >= 0.3 is 0 Å². The lowest BCUT2D eigenvalue weighted by Crippen LogP contribution is -2.07. The maximum absolute atomic E-state index is 11.5. The number of rotatable bonds is 1. The Morgan fingerprint density at radius 2 is 2.21 bits per heavy atom. The first-order chi connectivity index (χ1) is 6.81. The van der Waals surface area contributed by atoms with Gasteiger partial charge in [0, 0.05) is 4.70 Å². The smallest absolute Gasteiger partial charge is 0.267 e. The van der Waals surface area contributed by atoms with Crippen LogP contribution in [-0.2, 0) is 6.42 Å². The molecule has 0 fully saturated rings. The number of hydrogen-bond acceptors (Lipinski definition) is 4. The molecule has 0 radical (unpaired) electrons. The first kappa shape index (κ1) is 8.85. The van der Waals surface area contributed by atoms with Crippen LogP contribution in [0.3, 0.4) is 0 Å². The lowest BCUT2D eigenvalue weighted by molar-refractivity contribution is 1.14. The Labute approximate surface area is 84.3 Å². The van der Waals surface area contributed by atoms with Gasteiger partial charge in [0.25, 0.3) is 5.56 Å². The molecule has 68 valence electrons. The molecule has 0 unspecified atom stereocenters. The summed E-state index contributed by atoms with van der Waals surface area (Å²) >= 11 is 1.39. The second-order valence-corrected chi connectivity index (χ2v) is 3.86. The molecule has 1 aromatic heterocycles. The molecule has 0 atom stereocenters. The van der Waals surface area contributed by atoms with Crippen LogP contribution in [0.1, 0.15) is 5.01 Å². The van der Waals surface area contributed by atoms with E-state index in [9.17, 15) is 4.79 Å². The van der Waals surface area contributed by atoms with Crippen molar-refractivity contribution in [3.8, 4) is 6.07 Å². The molecular formula is C10H6N2OS. The summed E-state index contributed by atoms with van der Waals surface area (Å²) in [6, 6.07) is 9.27. The van der Waals surface area contributed by atoms with Gasteiger partial charge in [0.2, 0.25) is 0 Å². The van der Waals surface area contributed by atoms with E-state index in [-0.39, 0.29) is 12.0 Å². The minimum absolute atomic E-state index is 0.199. The summed E-state index contributed by atoms with van der Waals surface area (Å²) in [5.41, 5.74) is -0.246. The van der Waals surface area contributed by atoms with Crippen molar-refractivity contribution in [3.63, 3.8) is 0 Å². The SMILES string of the molecule is N#CCc1nc(=O)c2ccccc2s1. The minimum atomic E-state index is -0.246. The number of fused-ring (bicyclic) bond motifs is 1. The van der Waals surface area contributed by atoms with Crippen molar-refractivity contribution >= 4 is 21.4 Å². The van der Waals surface area contributed by atoms with E-state index in [1.807, 2.05) is 24.3 Å². The fourth-order valence-electron chi connectivity index (χ4n) is 1.20. The van der Waals surface area contributed by atoms with E-state index in [0.29, 0.717) is 10.4 Å². The summed E-state index contributed by atoms with van der Waals surface area (Å²) in [4.78, 5) is 15.3. The standard InChI is InChI=1S/C10H6N2OS/c11-6-5-9-12-10(13)7-3-1-2-4-8(7)14-9/h1-4H,5H2. The van der Waals surface area contributed by atoms with Crippen LogP contribution in [0.15, 0.2) is 29.1 Å². The maximum atomic E-state index is 11.5. The number of nitrogens with zero attached hydrogens (tertiary/aromatic N) is 2. The van der Waals surface area contributed by atoms with Crippen LogP contribution in [0.4, 0.5) is 0 Å². The molecule has 0 aliphatic heterocycles. The van der Waals surface area contributed by atoms with Crippen LogP contribution in [-0.4, -0.2) is 4.98 Å². The van der Waals surface area contributed by atoms with Gasteiger partial charge in [0.15, 0.2) is 0 Å². The van der Waals surface area contributed by atoms with Crippen molar-refractivity contribution in [3.05, 3.63) is 39.6 Å². The summed E-state index contributed by atoms with van der Waals surface area (Å²) in [7, 11) is 0. The molecule has 2 rings (SSSR count). The van der Waals surface area contributed by atoms with E-state index in [1.54, 1.807) is 6.07 Å². The molecule has 0 saturated carbocycles. The number of aromatic nitrogens is 1. The van der Waals surface area contributed by atoms with Crippen molar-refractivity contribution in [2.45, 2.75) is 6.42 Å². The predicted octanol–water partition coefficient (Wildman–Crippen LogP) is 1.72. The molecule has 3 nitrogen and oxygen atoms in total. The Morgan fingerprint density at radius 1 is 1.43 bits per heavy atom. The van der Waals surface area contributed by atoms with Crippen molar-refractivity contribution < 1.29 is 0 Å². The molecule has 0 aliphatic carbocycles. The van der Waals surface area contributed by atoms with E-state index in [4.69, 9.17) is 5.26 Å². The van der Waals surface area contributed by atoms with Gasteiger partial charge in [0.1, 0.15) is 5.01 Å². The third-order valence-corrected chi connectivity index (χ3v) is 2.85. The van der Waals surface area contributed by atoms with Crippen LogP contribution < -0.4 is 5.56 Å². The van der Waals surface area contributed by atoms with Crippen molar-refractivity contribution in [2.24, 2.45) is 0 Å². The highest BCUT2D eigenvalue weighted by Crippen LogP contribution is 2.16. The Hall–Kier alpha value is -1.73. The lowest BCUT2D eigenvalue weighted by atomic mass is 10.3. The van der Waals surface area contributed by atoms with Gasteiger partial charge < -0.3 is 0 Å². The molecule has 0 spiro atoms. The highest BCUT2D eigenvalue weighted by Gasteiger charge is 2.02. The predicted molar refractivity (Wildman–Crippen MR) is 55.2 cm³/mol. The van der Waals surface area contributed by atoms with Gasteiger partial charge in [-0.15, -0.1) is 11.3 Å². The summed E-state index contributed by atoms with van der Waals surface area (Å²) < 4.78 is 0.887. The lowest BCUT2D eigenvalue weighted by Gasteiger charge is -1.96. The van der Waals surface area contributed by atoms with Crippen LogP contribution >= 0.6 is 11.3 Å². The normalized spacial score (nSPS) is 9.93. The number of hydrogen-bond donors (Lipinski definition) is 0. The second kappa shape index (κ2) is 3.56. The monoisotopic (exact) mass is 202 g/mol. The summed E-state index contributed by atoms with van der Waals surface area (Å²) in [6.07, 6.45) is 0.199. The third-order valence-electron chi connectivity index (χ3n) is 1.80. The largest absolute Gasteiger partial charge is 0.279 e. The van der Waals surface area contributed by atoms with Crippen molar-refractivity contribution in [1.29, 1.82) is 5.26 Å². The Balaban J connectivity index is 2.74. The molecule has 0 bridgehead atoms. The van der Waals surface area contributed by atoms with Crippen molar-refractivity contribution in [2.75, 3.05) is 0 Å². The summed E-state index contributed by atoms with van der Waals surface area (Å²) in [5, 5.41) is 9.70. The van der Waals surface area contributed by atoms with Crippen LogP contribution in [0.25, 0.3) is 10.1 Å². The first-order valence-corrected chi connectivity index (χ1v) is 4.88. The highest BCUT2D eigenvalue weighted by atomic mass is 32.1. The fraction of sp³-hybridized carbons (Fsp3) is 0.100. The summed E-state index contributed by atoms with van der Waals surface area (Å²) in [6.45, 7) is 0. The molecule has 0 amide bonds. The van der Waals surface area contributed by atoms with Crippen LogP contribution in [0, 0.1) is 11.3 Å². The molecule has 1 heterocycles. The third kappa shape index (κ3) is 1.50. The average molecular weight is 202 g/mol. The van der Waals surface area contributed by atoms with Crippen molar-refractivity contribution in [1.82, 2.24) is 4.98 Å². The zero-order valence-corrected chi connectivity index (χ0v) is 8.04. The van der Waals surface area contributed by atoms with Gasteiger partial charge in [-0.3, -0.25) is 4.79 Å². The van der Waals surface area contributed by atoms with Crippen LogP contribution in [0.2, 0.25) is 0 Å². The zero-order chi connectivity index (χ0) is 9.97. The Morgan fingerprint density at radius 3 is 3.00 bits per heavy atom. The first-order valence-electron chi connectivity index (χ1n) is 4.07. The van der Waals surface area contributed by atoms with E-state index in [0.717, 1.165) is 4.70 Å². The van der Waals surface area contributed by atoms with E-state index >= 15 is 0 Å². The van der Waals surface area contributed by atoms with Gasteiger partial charge in [-0.2, -0.15) is 5.26 Å². The number of benzene rings is 1. The maximum Gasteiger partial charge on any atom is 0.279 e. The van der Waals surface area contributed by atoms with E-state index in [1.165, 1.54) is 11.3 Å². The minimum Gasteiger partial charge on any atom is -0.267 e. The molecule has 14 heavy (non-hydrogen) atoms. The topological polar surface area (TPSA) is 53.8 Å².